The van der Waals surface area contributed by atoms with E-state index in [0.29, 0.717) is 25.0 Å². The molecule has 0 spiro atoms. The number of hydrogen-bond donors (Lipinski definition) is 2. The standard InChI is InChI=1S/C12H19N3O2/c1-3-17-8(2)12-14-10(6-11(16)15-12)7-13-9-4-5-9/h6,8-9,13H,3-5,7H2,1-2H3,(H,14,15,16). The zero-order valence-corrected chi connectivity index (χ0v) is 10.3. The molecule has 0 saturated heterocycles. The lowest BCUT2D eigenvalue weighted by molar-refractivity contribution is 0.0697. The van der Waals surface area contributed by atoms with Crippen molar-refractivity contribution in [1.82, 2.24) is 15.3 Å². The van der Waals surface area contributed by atoms with E-state index in [2.05, 4.69) is 15.3 Å². The van der Waals surface area contributed by atoms with E-state index in [-0.39, 0.29) is 11.7 Å². The molecule has 1 aliphatic carbocycles. The van der Waals surface area contributed by atoms with Crippen LogP contribution in [0.2, 0.25) is 0 Å². The Morgan fingerprint density at radius 1 is 1.65 bits per heavy atom. The Kier molecular flexibility index (Phi) is 3.91. The molecule has 1 saturated carbocycles. The van der Waals surface area contributed by atoms with Crippen LogP contribution in [0.4, 0.5) is 0 Å². The van der Waals surface area contributed by atoms with Crippen LogP contribution in [0.5, 0.6) is 0 Å². The summed E-state index contributed by atoms with van der Waals surface area (Å²) in [6.07, 6.45) is 2.28. The Bertz CT molecular complexity index is 426. The maximum absolute atomic E-state index is 11.5. The predicted molar refractivity (Wildman–Crippen MR) is 64.8 cm³/mol. The van der Waals surface area contributed by atoms with Gasteiger partial charge in [0.25, 0.3) is 5.56 Å². The van der Waals surface area contributed by atoms with Gasteiger partial charge in [0.05, 0.1) is 5.69 Å². The van der Waals surface area contributed by atoms with Crippen LogP contribution >= 0.6 is 0 Å². The largest absolute Gasteiger partial charge is 0.371 e. The van der Waals surface area contributed by atoms with Crippen molar-refractivity contribution < 1.29 is 4.74 Å². The van der Waals surface area contributed by atoms with Crippen LogP contribution in [0.1, 0.15) is 44.3 Å². The number of nitrogens with one attached hydrogen (secondary N) is 2. The lowest BCUT2D eigenvalue weighted by Crippen LogP contribution is -2.21. The van der Waals surface area contributed by atoms with Crippen molar-refractivity contribution in [3.05, 3.63) is 27.9 Å². The Morgan fingerprint density at radius 3 is 3.06 bits per heavy atom. The topological polar surface area (TPSA) is 67.0 Å². The zero-order valence-electron chi connectivity index (χ0n) is 10.3. The van der Waals surface area contributed by atoms with Gasteiger partial charge in [-0.2, -0.15) is 0 Å². The van der Waals surface area contributed by atoms with Crippen molar-refractivity contribution in [2.45, 2.75) is 45.4 Å². The zero-order chi connectivity index (χ0) is 12.3. The molecular formula is C12H19N3O2. The van der Waals surface area contributed by atoms with Crippen molar-refractivity contribution in [3.8, 4) is 0 Å². The first-order valence-electron chi connectivity index (χ1n) is 6.14. The number of H-pyrrole nitrogens is 1. The van der Waals surface area contributed by atoms with Gasteiger partial charge in [0.15, 0.2) is 0 Å². The van der Waals surface area contributed by atoms with Crippen LogP contribution in [0, 0.1) is 0 Å². The molecule has 0 aromatic carbocycles. The van der Waals surface area contributed by atoms with Crippen molar-refractivity contribution in [2.75, 3.05) is 6.61 Å². The smallest absolute Gasteiger partial charge is 0.251 e. The van der Waals surface area contributed by atoms with Gasteiger partial charge in [0, 0.05) is 25.3 Å². The monoisotopic (exact) mass is 237 g/mol. The number of rotatable bonds is 6. The summed E-state index contributed by atoms with van der Waals surface area (Å²) in [6, 6.07) is 2.15. The second-order valence-electron chi connectivity index (χ2n) is 4.37. The van der Waals surface area contributed by atoms with Gasteiger partial charge in [-0.15, -0.1) is 0 Å². The molecular weight excluding hydrogens is 218 g/mol. The molecule has 17 heavy (non-hydrogen) atoms. The molecule has 94 valence electrons. The lowest BCUT2D eigenvalue weighted by atomic mass is 10.3. The Morgan fingerprint density at radius 2 is 2.41 bits per heavy atom. The highest BCUT2D eigenvalue weighted by Crippen LogP contribution is 2.19. The Hall–Kier alpha value is -1.20. The molecule has 1 aromatic rings. The number of hydrogen-bond acceptors (Lipinski definition) is 4. The lowest BCUT2D eigenvalue weighted by Gasteiger charge is -2.11. The van der Waals surface area contributed by atoms with E-state index < -0.39 is 0 Å². The van der Waals surface area contributed by atoms with Crippen LogP contribution in [0.15, 0.2) is 10.9 Å². The predicted octanol–water partition coefficient (Wildman–Crippen LogP) is 1.12. The van der Waals surface area contributed by atoms with Crippen molar-refractivity contribution in [3.63, 3.8) is 0 Å². The maximum Gasteiger partial charge on any atom is 0.251 e. The summed E-state index contributed by atoms with van der Waals surface area (Å²) in [6.45, 7) is 5.07. The Balaban J connectivity index is 2.07. The molecule has 0 bridgehead atoms. The van der Waals surface area contributed by atoms with Gasteiger partial charge in [-0.3, -0.25) is 4.79 Å². The summed E-state index contributed by atoms with van der Waals surface area (Å²) >= 11 is 0. The molecule has 1 aromatic heterocycles. The van der Waals surface area contributed by atoms with Gasteiger partial charge in [0.1, 0.15) is 11.9 Å². The van der Waals surface area contributed by atoms with Gasteiger partial charge >= 0.3 is 0 Å². The van der Waals surface area contributed by atoms with E-state index in [1.54, 1.807) is 0 Å². The minimum atomic E-state index is -0.173. The van der Waals surface area contributed by atoms with Crippen molar-refractivity contribution in [1.29, 1.82) is 0 Å². The SMILES string of the molecule is CCOC(C)c1nc(CNC2CC2)cc(=O)[nH]1. The van der Waals surface area contributed by atoms with Gasteiger partial charge in [-0.25, -0.2) is 4.98 Å². The summed E-state index contributed by atoms with van der Waals surface area (Å²) in [5.74, 6) is 0.604. The fourth-order valence-corrected chi connectivity index (χ4v) is 1.68. The summed E-state index contributed by atoms with van der Waals surface area (Å²) in [5.41, 5.74) is 0.663. The molecule has 1 aliphatic rings. The highest BCUT2D eigenvalue weighted by Gasteiger charge is 2.20. The number of ether oxygens (including phenoxy) is 1. The second kappa shape index (κ2) is 5.42. The third-order valence-electron chi connectivity index (χ3n) is 2.76. The molecule has 2 N–H and O–H groups in total. The second-order valence-corrected chi connectivity index (χ2v) is 4.37. The molecule has 1 fully saturated rings. The van der Waals surface area contributed by atoms with Gasteiger partial charge in [-0.05, 0) is 26.7 Å². The van der Waals surface area contributed by atoms with Crippen LogP contribution in [0.25, 0.3) is 0 Å². The molecule has 1 unspecified atom stereocenters. The average molecular weight is 237 g/mol. The van der Waals surface area contributed by atoms with E-state index in [1.165, 1.54) is 18.9 Å². The first-order chi connectivity index (χ1) is 8.19. The number of nitrogens with zero attached hydrogens (tertiary/aromatic N) is 1. The fourth-order valence-electron chi connectivity index (χ4n) is 1.68. The molecule has 1 heterocycles. The van der Waals surface area contributed by atoms with Crippen molar-refractivity contribution in [2.24, 2.45) is 0 Å². The maximum atomic E-state index is 11.5. The summed E-state index contributed by atoms with van der Waals surface area (Å²) in [7, 11) is 0. The average Bonchev–Trinajstić information content (AvgIpc) is 3.10. The van der Waals surface area contributed by atoms with Gasteiger partial charge < -0.3 is 15.0 Å². The number of aromatic nitrogens is 2. The summed E-state index contributed by atoms with van der Waals surface area (Å²) in [4.78, 5) is 18.6. The van der Waals surface area contributed by atoms with Crippen LogP contribution in [-0.2, 0) is 11.3 Å². The third kappa shape index (κ3) is 3.64. The van der Waals surface area contributed by atoms with Crippen LogP contribution in [0.3, 0.4) is 0 Å². The molecule has 0 radical (unpaired) electrons. The minimum absolute atomic E-state index is 0.117. The molecule has 5 nitrogen and oxygen atoms in total. The first kappa shape index (κ1) is 12.3. The van der Waals surface area contributed by atoms with Crippen LogP contribution in [-0.4, -0.2) is 22.6 Å². The van der Waals surface area contributed by atoms with E-state index in [9.17, 15) is 4.79 Å². The normalized spacial score (nSPS) is 17.1. The van der Waals surface area contributed by atoms with Gasteiger partial charge in [0.2, 0.25) is 0 Å². The Labute approximate surface area is 101 Å². The summed E-state index contributed by atoms with van der Waals surface area (Å²) < 4.78 is 5.42. The summed E-state index contributed by atoms with van der Waals surface area (Å²) in [5, 5.41) is 3.34. The highest BCUT2D eigenvalue weighted by atomic mass is 16.5. The fraction of sp³-hybridized carbons (Fsp3) is 0.667. The molecule has 0 amide bonds. The van der Waals surface area contributed by atoms with E-state index >= 15 is 0 Å². The van der Waals surface area contributed by atoms with E-state index in [0.717, 1.165) is 5.69 Å². The molecule has 5 heteroatoms. The molecule has 2 rings (SSSR count). The minimum Gasteiger partial charge on any atom is -0.371 e. The quantitative estimate of drug-likeness (QED) is 0.778. The third-order valence-corrected chi connectivity index (χ3v) is 2.76. The van der Waals surface area contributed by atoms with Gasteiger partial charge in [-0.1, -0.05) is 0 Å². The van der Waals surface area contributed by atoms with Crippen molar-refractivity contribution >= 4 is 0 Å². The number of aromatic amines is 1. The molecule has 0 aliphatic heterocycles. The highest BCUT2D eigenvalue weighted by molar-refractivity contribution is 5.04. The first-order valence-corrected chi connectivity index (χ1v) is 6.14. The molecule has 1 atom stereocenters. The van der Waals surface area contributed by atoms with Crippen LogP contribution < -0.4 is 10.9 Å². The van der Waals surface area contributed by atoms with E-state index in [4.69, 9.17) is 4.74 Å². The van der Waals surface area contributed by atoms with E-state index in [1.807, 2.05) is 13.8 Å².